The van der Waals surface area contributed by atoms with E-state index in [1.165, 1.54) is 0 Å². The van der Waals surface area contributed by atoms with Crippen molar-refractivity contribution in [2.45, 2.75) is 38.2 Å². The van der Waals surface area contributed by atoms with E-state index in [2.05, 4.69) is 26.3 Å². The van der Waals surface area contributed by atoms with Crippen LogP contribution in [0.15, 0.2) is 6.07 Å². The fourth-order valence-electron chi connectivity index (χ4n) is 3.33. The van der Waals surface area contributed by atoms with Crippen LogP contribution in [0.5, 0.6) is 0 Å². The van der Waals surface area contributed by atoms with E-state index in [4.69, 9.17) is 14.6 Å². The summed E-state index contributed by atoms with van der Waals surface area (Å²) < 4.78 is 11.2. The van der Waals surface area contributed by atoms with Gasteiger partial charge in [0.05, 0.1) is 25.0 Å². The third-order valence-corrected chi connectivity index (χ3v) is 4.64. The van der Waals surface area contributed by atoms with Crippen molar-refractivity contribution >= 4 is 11.8 Å². The van der Waals surface area contributed by atoms with Gasteiger partial charge in [-0.15, -0.1) is 0 Å². The molecule has 0 aromatic carbocycles. The molecule has 0 radical (unpaired) electrons. The van der Waals surface area contributed by atoms with Gasteiger partial charge in [-0.3, -0.25) is 0 Å². The Morgan fingerprint density at radius 1 is 1.33 bits per heavy atom. The van der Waals surface area contributed by atoms with Crippen LogP contribution in [0.2, 0.25) is 0 Å². The Bertz CT molecular complexity index is 515. The van der Waals surface area contributed by atoms with Crippen molar-refractivity contribution in [3.05, 3.63) is 11.8 Å². The van der Waals surface area contributed by atoms with Crippen LogP contribution in [0.4, 0.5) is 11.8 Å². The second kappa shape index (κ2) is 8.60. The van der Waals surface area contributed by atoms with Crippen LogP contribution in [0.3, 0.4) is 0 Å². The van der Waals surface area contributed by atoms with Gasteiger partial charge in [-0.05, 0) is 26.2 Å². The molecule has 0 unspecified atom stereocenters. The lowest BCUT2D eigenvalue weighted by Crippen LogP contribution is -2.37. The molecule has 134 valence electrons. The minimum atomic E-state index is 0.0647. The zero-order chi connectivity index (χ0) is 16.8. The molecule has 7 heteroatoms. The lowest BCUT2D eigenvalue weighted by molar-refractivity contribution is 0.0458. The molecular weight excluding hydrogens is 308 g/mol. The van der Waals surface area contributed by atoms with Gasteiger partial charge in [-0.2, -0.15) is 4.98 Å². The number of nitrogens with zero attached hydrogens (tertiary/aromatic N) is 3. The SMILES string of the molecule is CCOC1CCN(c2cc([C@@H]3CCOC3)nc(NCCO)n2)CC1. The minimum absolute atomic E-state index is 0.0647. The highest BCUT2D eigenvalue weighted by molar-refractivity contribution is 5.46. The third kappa shape index (κ3) is 4.34. The monoisotopic (exact) mass is 336 g/mol. The number of hydrogen-bond donors (Lipinski definition) is 2. The summed E-state index contributed by atoms with van der Waals surface area (Å²) in [5, 5.41) is 12.1. The van der Waals surface area contributed by atoms with Crippen molar-refractivity contribution < 1.29 is 14.6 Å². The van der Waals surface area contributed by atoms with E-state index < -0.39 is 0 Å². The number of nitrogens with one attached hydrogen (secondary N) is 1. The second-order valence-electron chi connectivity index (χ2n) is 6.33. The molecule has 2 aliphatic heterocycles. The van der Waals surface area contributed by atoms with E-state index in [0.717, 1.165) is 63.7 Å². The van der Waals surface area contributed by atoms with Gasteiger partial charge in [-0.1, -0.05) is 0 Å². The molecule has 3 rings (SSSR count). The van der Waals surface area contributed by atoms with Gasteiger partial charge in [0.15, 0.2) is 0 Å². The second-order valence-corrected chi connectivity index (χ2v) is 6.33. The Morgan fingerprint density at radius 3 is 2.83 bits per heavy atom. The summed E-state index contributed by atoms with van der Waals surface area (Å²) in [6.45, 7) is 6.76. The normalized spacial score (nSPS) is 22.1. The summed E-state index contributed by atoms with van der Waals surface area (Å²) >= 11 is 0. The Kier molecular flexibility index (Phi) is 6.23. The average Bonchev–Trinajstić information content (AvgIpc) is 3.15. The number of piperidine rings is 1. The van der Waals surface area contributed by atoms with Crippen LogP contribution in [-0.4, -0.2) is 67.2 Å². The van der Waals surface area contributed by atoms with Crippen molar-refractivity contribution in [1.29, 1.82) is 0 Å². The van der Waals surface area contributed by atoms with Crippen LogP contribution >= 0.6 is 0 Å². The lowest BCUT2D eigenvalue weighted by Gasteiger charge is -2.33. The minimum Gasteiger partial charge on any atom is -0.395 e. The Labute approximate surface area is 143 Å². The lowest BCUT2D eigenvalue weighted by atomic mass is 10.0. The summed E-state index contributed by atoms with van der Waals surface area (Å²) in [6.07, 6.45) is 3.42. The summed E-state index contributed by atoms with van der Waals surface area (Å²) in [5.41, 5.74) is 1.03. The molecule has 24 heavy (non-hydrogen) atoms. The van der Waals surface area contributed by atoms with Crippen molar-refractivity contribution in [2.24, 2.45) is 0 Å². The molecule has 1 aromatic rings. The predicted molar refractivity (Wildman–Crippen MR) is 92.6 cm³/mol. The molecule has 0 saturated carbocycles. The molecule has 2 N–H and O–H groups in total. The van der Waals surface area contributed by atoms with Crippen molar-refractivity contribution in [3.63, 3.8) is 0 Å². The van der Waals surface area contributed by atoms with E-state index in [9.17, 15) is 0 Å². The van der Waals surface area contributed by atoms with Crippen molar-refractivity contribution in [3.8, 4) is 0 Å². The van der Waals surface area contributed by atoms with E-state index in [0.29, 0.717) is 24.5 Å². The van der Waals surface area contributed by atoms with E-state index in [-0.39, 0.29) is 6.61 Å². The van der Waals surface area contributed by atoms with E-state index >= 15 is 0 Å². The molecule has 1 atom stereocenters. The van der Waals surface area contributed by atoms with E-state index in [1.807, 2.05) is 6.92 Å². The highest BCUT2D eigenvalue weighted by atomic mass is 16.5. The molecule has 7 nitrogen and oxygen atoms in total. The van der Waals surface area contributed by atoms with Crippen LogP contribution in [0, 0.1) is 0 Å². The Balaban J connectivity index is 1.74. The Hall–Kier alpha value is -1.44. The number of rotatable bonds is 7. The zero-order valence-corrected chi connectivity index (χ0v) is 14.4. The molecule has 2 fully saturated rings. The third-order valence-electron chi connectivity index (χ3n) is 4.64. The first-order valence-corrected chi connectivity index (χ1v) is 8.98. The average molecular weight is 336 g/mol. The number of anilines is 2. The van der Waals surface area contributed by atoms with Crippen LogP contribution in [0.25, 0.3) is 0 Å². The van der Waals surface area contributed by atoms with Gasteiger partial charge in [0.25, 0.3) is 0 Å². The van der Waals surface area contributed by atoms with Gasteiger partial charge in [-0.25, -0.2) is 4.98 Å². The van der Waals surface area contributed by atoms with Crippen LogP contribution in [-0.2, 0) is 9.47 Å². The number of aromatic nitrogens is 2. The molecule has 0 amide bonds. The molecule has 3 heterocycles. The first-order chi connectivity index (χ1) is 11.8. The van der Waals surface area contributed by atoms with Crippen molar-refractivity contribution in [2.75, 3.05) is 56.3 Å². The van der Waals surface area contributed by atoms with Gasteiger partial charge in [0.1, 0.15) is 5.82 Å². The molecular formula is C17H28N4O3. The highest BCUT2D eigenvalue weighted by Crippen LogP contribution is 2.28. The molecule has 0 bridgehead atoms. The molecule has 0 spiro atoms. The van der Waals surface area contributed by atoms with Crippen LogP contribution < -0.4 is 10.2 Å². The van der Waals surface area contributed by atoms with E-state index in [1.54, 1.807) is 0 Å². The Morgan fingerprint density at radius 2 is 2.17 bits per heavy atom. The number of ether oxygens (including phenoxy) is 2. The van der Waals surface area contributed by atoms with Gasteiger partial charge in [0.2, 0.25) is 5.95 Å². The molecule has 2 saturated heterocycles. The number of aliphatic hydroxyl groups excluding tert-OH is 1. The summed E-state index contributed by atoms with van der Waals surface area (Å²) in [7, 11) is 0. The molecule has 1 aromatic heterocycles. The summed E-state index contributed by atoms with van der Waals surface area (Å²) in [6, 6.07) is 2.10. The van der Waals surface area contributed by atoms with Gasteiger partial charge < -0.3 is 24.8 Å². The fourth-order valence-corrected chi connectivity index (χ4v) is 3.33. The highest BCUT2D eigenvalue weighted by Gasteiger charge is 2.24. The summed E-state index contributed by atoms with van der Waals surface area (Å²) in [5.74, 6) is 1.89. The van der Waals surface area contributed by atoms with Crippen molar-refractivity contribution in [1.82, 2.24) is 9.97 Å². The van der Waals surface area contributed by atoms with Gasteiger partial charge in [0, 0.05) is 44.8 Å². The number of aliphatic hydroxyl groups is 1. The standard InChI is InChI=1S/C17H28N4O3/c1-2-24-14-3-7-21(8-4-14)16-11-15(13-5-10-23-12-13)19-17(20-16)18-6-9-22/h11,13-14,22H,2-10,12H2,1H3,(H,18,19,20)/t13-/m1/s1. The fraction of sp³-hybridized carbons (Fsp3) is 0.765. The first kappa shape index (κ1) is 17.4. The smallest absolute Gasteiger partial charge is 0.224 e. The molecule has 2 aliphatic rings. The zero-order valence-electron chi connectivity index (χ0n) is 14.4. The number of hydrogen-bond acceptors (Lipinski definition) is 7. The largest absolute Gasteiger partial charge is 0.395 e. The predicted octanol–water partition coefficient (Wildman–Crippen LogP) is 1.39. The maximum absolute atomic E-state index is 9.04. The maximum atomic E-state index is 9.04. The van der Waals surface area contributed by atoms with Gasteiger partial charge >= 0.3 is 0 Å². The first-order valence-electron chi connectivity index (χ1n) is 8.98. The summed E-state index contributed by atoms with van der Waals surface area (Å²) in [4.78, 5) is 11.6. The topological polar surface area (TPSA) is 79.7 Å². The quantitative estimate of drug-likeness (QED) is 0.779. The van der Waals surface area contributed by atoms with Crippen LogP contribution in [0.1, 0.15) is 37.8 Å². The molecule has 0 aliphatic carbocycles. The maximum Gasteiger partial charge on any atom is 0.224 e.